The highest BCUT2D eigenvalue weighted by molar-refractivity contribution is 5.66. The van der Waals surface area contributed by atoms with Gasteiger partial charge in [-0.05, 0) is 37.5 Å². The monoisotopic (exact) mass is 324 g/mol. The Balaban J connectivity index is 2.27. The van der Waals surface area contributed by atoms with E-state index in [2.05, 4.69) is 0 Å². The summed E-state index contributed by atoms with van der Waals surface area (Å²) in [5.41, 5.74) is 1.06. The second kappa shape index (κ2) is 10.8. The number of hydrogen-bond acceptors (Lipinski definition) is 4. The molecule has 5 heteroatoms. The van der Waals surface area contributed by atoms with E-state index in [1.54, 1.807) is 14.2 Å². The van der Waals surface area contributed by atoms with E-state index < -0.39 is 5.97 Å². The maximum Gasteiger partial charge on any atom is 0.303 e. The highest BCUT2D eigenvalue weighted by Gasteiger charge is 2.12. The molecule has 1 rings (SSSR count). The average Bonchev–Trinajstić information content (AvgIpc) is 2.53. The van der Waals surface area contributed by atoms with Gasteiger partial charge in [0.25, 0.3) is 0 Å². The summed E-state index contributed by atoms with van der Waals surface area (Å²) < 4.78 is 16.6. The number of aryl methyl sites for hydroxylation is 1. The van der Waals surface area contributed by atoms with E-state index in [1.807, 2.05) is 19.1 Å². The lowest BCUT2D eigenvalue weighted by Crippen LogP contribution is -2.02. The minimum Gasteiger partial charge on any atom is -0.493 e. The number of hydrogen-bond donors (Lipinski definition) is 1. The number of methoxy groups -OCH3 is 2. The summed E-state index contributed by atoms with van der Waals surface area (Å²) >= 11 is 0. The van der Waals surface area contributed by atoms with Crippen LogP contribution in [0, 0.1) is 6.92 Å². The molecule has 0 atom stereocenters. The first kappa shape index (κ1) is 19.1. The Bertz CT molecular complexity index is 459. The molecule has 0 spiro atoms. The topological polar surface area (TPSA) is 65.0 Å². The van der Waals surface area contributed by atoms with Crippen molar-refractivity contribution < 1.29 is 24.1 Å². The minimum absolute atomic E-state index is 0.274. The lowest BCUT2D eigenvalue weighted by atomic mass is 10.1. The molecular formula is C18H28O5. The van der Waals surface area contributed by atoms with E-state index in [4.69, 9.17) is 19.3 Å². The average molecular weight is 324 g/mol. The van der Waals surface area contributed by atoms with Gasteiger partial charge in [0.2, 0.25) is 5.75 Å². The zero-order chi connectivity index (χ0) is 17.1. The van der Waals surface area contributed by atoms with Crippen molar-refractivity contribution in [3.63, 3.8) is 0 Å². The third-order valence-electron chi connectivity index (χ3n) is 3.64. The van der Waals surface area contributed by atoms with Crippen LogP contribution in [0.4, 0.5) is 0 Å². The zero-order valence-electron chi connectivity index (χ0n) is 14.4. The first-order chi connectivity index (χ1) is 11.1. The van der Waals surface area contributed by atoms with Gasteiger partial charge in [-0.1, -0.05) is 25.7 Å². The van der Waals surface area contributed by atoms with Gasteiger partial charge >= 0.3 is 5.97 Å². The molecule has 1 N–H and O–H groups in total. The van der Waals surface area contributed by atoms with Crippen LogP contribution < -0.4 is 14.2 Å². The Hall–Kier alpha value is -1.91. The molecule has 0 fully saturated rings. The van der Waals surface area contributed by atoms with E-state index in [0.717, 1.165) is 44.1 Å². The van der Waals surface area contributed by atoms with Gasteiger partial charge in [-0.3, -0.25) is 4.79 Å². The number of ether oxygens (including phenoxy) is 3. The fraction of sp³-hybridized carbons (Fsp3) is 0.611. The third-order valence-corrected chi connectivity index (χ3v) is 3.64. The molecule has 0 amide bonds. The smallest absolute Gasteiger partial charge is 0.303 e. The van der Waals surface area contributed by atoms with Crippen molar-refractivity contribution in [2.24, 2.45) is 0 Å². The molecule has 0 bridgehead atoms. The van der Waals surface area contributed by atoms with Crippen LogP contribution in [0.25, 0.3) is 0 Å². The number of carboxylic acids is 1. The SMILES string of the molecule is COc1cc(C)cc(OC)c1OCCCCCCCCC(=O)O. The van der Waals surface area contributed by atoms with Crippen LogP contribution in [0.1, 0.15) is 50.5 Å². The molecule has 1 aromatic carbocycles. The van der Waals surface area contributed by atoms with Crippen LogP contribution >= 0.6 is 0 Å². The van der Waals surface area contributed by atoms with E-state index in [-0.39, 0.29) is 6.42 Å². The van der Waals surface area contributed by atoms with Crippen molar-refractivity contribution in [3.8, 4) is 17.2 Å². The van der Waals surface area contributed by atoms with Crippen molar-refractivity contribution in [3.05, 3.63) is 17.7 Å². The quantitative estimate of drug-likeness (QED) is 0.584. The van der Waals surface area contributed by atoms with Crippen LogP contribution in [0.15, 0.2) is 12.1 Å². The highest BCUT2D eigenvalue weighted by Crippen LogP contribution is 2.38. The Morgan fingerprint density at radius 2 is 1.48 bits per heavy atom. The summed E-state index contributed by atoms with van der Waals surface area (Å²) in [6.07, 6.45) is 6.23. The maximum absolute atomic E-state index is 10.4. The summed E-state index contributed by atoms with van der Waals surface area (Å²) in [5, 5.41) is 8.56. The molecular weight excluding hydrogens is 296 g/mol. The second-order valence-corrected chi connectivity index (χ2v) is 5.61. The van der Waals surface area contributed by atoms with Crippen molar-refractivity contribution in [2.45, 2.75) is 51.9 Å². The van der Waals surface area contributed by atoms with Gasteiger partial charge in [0.05, 0.1) is 20.8 Å². The van der Waals surface area contributed by atoms with Gasteiger partial charge in [-0.15, -0.1) is 0 Å². The molecule has 0 aliphatic rings. The lowest BCUT2D eigenvalue weighted by molar-refractivity contribution is -0.137. The largest absolute Gasteiger partial charge is 0.493 e. The summed E-state index contributed by atoms with van der Waals surface area (Å²) in [6.45, 7) is 2.60. The van der Waals surface area contributed by atoms with Gasteiger partial charge in [0.15, 0.2) is 11.5 Å². The Kier molecular flexibility index (Phi) is 8.95. The molecule has 0 saturated heterocycles. The Labute approximate surface area is 138 Å². The molecule has 0 unspecified atom stereocenters. The summed E-state index contributed by atoms with van der Waals surface area (Å²) in [6, 6.07) is 3.86. The summed E-state index contributed by atoms with van der Waals surface area (Å²) in [4.78, 5) is 10.4. The summed E-state index contributed by atoms with van der Waals surface area (Å²) in [7, 11) is 3.25. The normalized spacial score (nSPS) is 10.4. The lowest BCUT2D eigenvalue weighted by Gasteiger charge is -2.15. The van der Waals surface area contributed by atoms with Gasteiger partial charge in [-0.2, -0.15) is 0 Å². The number of rotatable bonds is 12. The van der Waals surface area contributed by atoms with Gasteiger partial charge in [0, 0.05) is 6.42 Å². The third kappa shape index (κ3) is 7.26. The van der Waals surface area contributed by atoms with Crippen molar-refractivity contribution in [2.75, 3.05) is 20.8 Å². The van der Waals surface area contributed by atoms with Crippen LogP contribution in [0.3, 0.4) is 0 Å². The van der Waals surface area contributed by atoms with E-state index >= 15 is 0 Å². The minimum atomic E-state index is -0.709. The predicted octanol–water partition coefficient (Wildman–Crippen LogP) is 4.21. The number of benzene rings is 1. The van der Waals surface area contributed by atoms with E-state index in [9.17, 15) is 4.79 Å². The standard InChI is InChI=1S/C18H28O5/c1-14-12-15(21-2)18(16(13-14)22-3)23-11-9-7-5-4-6-8-10-17(19)20/h12-13H,4-11H2,1-3H3,(H,19,20). The summed E-state index contributed by atoms with van der Waals surface area (Å²) in [5.74, 6) is 1.33. The predicted molar refractivity (Wildman–Crippen MR) is 89.7 cm³/mol. The molecule has 1 aromatic rings. The van der Waals surface area contributed by atoms with E-state index in [0.29, 0.717) is 23.9 Å². The Morgan fingerprint density at radius 3 is 2.00 bits per heavy atom. The zero-order valence-corrected chi connectivity index (χ0v) is 14.4. The highest BCUT2D eigenvalue weighted by atomic mass is 16.5. The first-order valence-electron chi connectivity index (χ1n) is 8.15. The molecule has 0 aromatic heterocycles. The number of aliphatic carboxylic acids is 1. The first-order valence-corrected chi connectivity index (χ1v) is 8.15. The number of carboxylic acid groups (broad SMARTS) is 1. The molecule has 5 nitrogen and oxygen atoms in total. The maximum atomic E-state index is 10.4. The van der Waals surface area contributed by atoms with Gasteiger partial charge < -0.3 is 19.3 Å². The molecule has 130 valence electrons. The fourth-order valence-corrected chi connectivity index (χ4v) is 2.41. The van der Waals surface area contributed by atoms with E-state index in [1.165, 1.54) is 0 Å². The van der Waals surface area contributed by atoms with Crippen LogP contribution in [-0.2, 0) is 4.79 Å². The van der Waals surface area contributed by atoms with Crippen molar-refractivity contribution >= 4 is 5.97 Å². The van der Waals surface area contributed by atoms with Gasteiger partial charge in [-0.25, -0.2) is 0 Å². The number of unbranched alkanes of at least 4 members (excludes halogenated alkanes) is 5. The van der Waals surface area contributed by atoms with Crippen LogP contribution in [0.5, 0.6) is 17.2 Å². The van der Waals surface area contributed by atoms with Gasteiger partial charge in [0.1, 0.15) is 0 Å². The number of carbonyl (C=O) groups is 1. The Morgan fingerprint density at radius 1 is 0.957 bits per heavy atom. The van der Waals surface area contributed by atoms with Crippen LogP contribution in [-0.4, -0.2) is 31.9 Å². The fourth-order valence-electron chi connectivity index (χ4n) is 2.41. The van der Waals surface area contributed by atoms with Crippen LogP contribution in [0.2, 0.25) is 0 Å². The van der Waals surface area contributed by atoms with Crippen molar-refractivity contribution in [1.82, 2.24) is 0 Å². The molecule has 0 radical (unpaired) electrons. The molecule has 0 saturated carbocycles. The molecule has 0 heterocycles. The second-order valence-electron chi connectivity index (χ2n) is 5.61. The molecule has 0 aliphatic heterocycles. The van der Waals surface area contributed by atoms with Crippen molar-refractivity contribution in [1.29, 1.82) is 0 Å². The molecule has 0 aliphatic carbocycles. The molecule has 23 heavy (non-hydrogen) atoms.